The molecule has 0 aliphatic heterocycles. The molecule has 0 aromatic carbocycles. The van der Waals surface area contributed by atoms with Gasteiger partial charge in [-0.3, -0.25) is 0 Å². The van der Waals surface area contributed by atoms with Crippen LogP contribution in [0.3, 0.4) is 0 Å². The number of rotatable bonds is 0. The van der Waals surface area contributed by atoms with Crippen molar-refractivity contribution in [2.24, 2.45) is 0 Å². The molecule has 0 nitrogen and oxygen atoms in total. The predicted molar refractivity (Wildman–Crippen MR) is 56.8 cm³/mol. The summed E-state index contributed by atoms with van der Waals surface area (Å²) >= 11 is 0. The Morgan fingerprint density at radius 2 is 1.00 bits per heavy atom. The van der Waals surface area contributed by atoms with Gasteiger partial charge in [-0.1, -0.05) is 0 Å². The van der Waals surface area contributed by atoms with Gasteiger partial charge in [-0.05, 0) is 0 Å². The second-order valence-electron chi connectivity index (χ2n) is 0. The minimum Gasteiger partial charge on any atom is 0 e. The first-order chi connectivity index (χ1) is 0. The van der Waals surface area contributed by atoms with E-state index in [-0.39, 0.29) is 168 Å². The molecule has 0 N–H and O–H groups in total. The maximum Gasteiger partial charge on any atom is 0 e. The van der Waals surface area contributed by atoms with Crippen LogP contribution in [-0.2, 0) is 27.3 Å². The molecule has 0 heterocycles. The van der Waals surface area contributed by atoms with Gasteiger partial charge in [0.1, 0.15) is 0 Å². The van der Waals surface area contributed by atoms with Crippen LogP contribution in [0.25, 0.3) is 0 Å². The van der Waals surface area contributed by atoms with E-state index < -0.39 is 0 Å². The van der Waals surface area contributed by atoms with E-state index in [4.69, 9.17) is 0 Å². The molecule has 41 valence electrons. The van der Waals surface area contributed by atoms with Crippen molar-refractivity contribution in [2.45, 2.75) is 0 Å². The summed E-state index contributed by atoms with van der Waals surface area (Å²) in [6.45, 7) is 0. The molecular weight excluding hydrogens is 905 g/mol. The summed E-state index contributed by atoms with van der Waals surface area (Å²) in [5, 5.41) is 0. The van der Waals surface area contributed by atoms with Gasteiger partial charge in [0.2, 0.25) is 0 Å². The van der Waals surface area contributed by atoms with E-state index in [1.165, 1.54) is 0 Å². The monoisotopic (exact) mass is 923 g/mol. The van der Waals surface area contributed by atoms with Gasteiger partial charge in [-0.2, -0.15) is 0 Å². The van der Waals surface area contributed by atoms with Gasteiger partial charge in [-0.25, -0.2) is 0 Å². The molecular formula is H16BiCdGaGeInSbTl. The first kappa shape index (κ1) is 54.1. The van der Waals surface area contributed by atoms with Crippen LogP contribution in [0.1, 0.15) is 0 Å². The van der Waals surface area contributed by atoms with Crippen LogP contribution in [0, 0.1) is 0 Å². The van der Waals surface area contributed by atoms with Crippen LogP contribution in [0.2, 0.25) is 0 Å². The largest absolute Gasteiger partial charge is 0 e. The predicted octanol–water partition coefficient (Wildman–Crippen LogP) is -6.57. The zero-order valence-corrected chi connectivity index (χ0v) is 20.8. The summed E-state index contributed by atoms with van der Waals surface area (Å²) in [6, 6.07) is 0. The molecule has 0 aliphatic carbocycles. The van der Waals surface area contributed by atoms with Crippen molar-refractivity contribution >= 4 is 141 Å². The zero-order chi connectivity index (χ0) is 0. The summed E-state index contributed by atoms with van der Waals surface area (Å²) in [4.78, 5) is 0. The SMILES string of the molecule is [BiH3].[Cd].[GaH3].[GeH4].[InH3].[SbH3].[Tl]. The van der Waals surface area contributed by atoms with Crippen LogP contribution in [0.5, 0.6) is 0 Å². The van der Waals surface area contributed by atoms with E-state index in [0.29, 0.717) is 0 Å². The maximum atomic E-state index is 0. The van der Waals surface area contributed by atoms with Gasteiger partial charge in [0, 0.05) is 54.6 Å². The van der Waals surface area contributed by atoms with Crippen molar-refractivity contribution in [1.29, 1.82) is 0 Å². The van der Waals surface area contributed by atoms with E-state index in [0.717, 1.165) is 0 Å². The zero-order valence-electron chi connectivity index (χ0n) is 2.70. The average molecular weight is 921 g/mol. The van der Waals surface area contributed by atoms with E-state index in [1.54, 1.807) is 0 Å². The molecule has 0 amide bonds. The van der Waals surface area contributed by atoms with Crippen molar-refractivity contribution < 1.29 is 27.3 Å². The summed E-state index contributed by atoms with van der Waals surface area (Å²) in [5.74, 6) is 0. The van der Waals surface area contributed by atoms with Crippen LogP contribution in [-0.4, -0.2) is 141 Å². The third-order valence-electron chi connectivity index (χ3n) is 0. The molecule has 1 radical (unpaired) electrons. The summed E-state index contributed by atoms with van der Waals surface area (Å²) in [5.41, 5.74) is 0. The van der Waals surface area contributed by atoms with Crippen LogP contribution < -0.4 is 0 Å². The topological polar surface area (TPSA) is 0 Å². The van der Waals surface area contributed by atoms with Gasteiger partial charge in [0.25, 0.3) is 0 Å². The molecule has 7 heteroatoms. The second-order valence-corrected chi connectivity index (χ2v) is 0. The third kappa shape index (κ3) is 34.1. The minimum absolute atomic E-state index is 0. The normalized spacial score (nSPS) is 0. The standard InChI is InChI=1S/Bi.Cd.Ga.GeH4.In.Sb.Tl.12H/h;;;1H4;;;;;;;;;;;;;;;. The molecule has 7 heavy (non-hydrogen) atoms. The Labute approximate surface area is 164 Å². The van der Waals surface area contributed by atoms with E-state index in [9.17, 15) is 0 Å². The molecule has 0 spiro atoms. The summed E-state index contributed by atoms with van der Waals surface area (Å²) in [6.07, 6.45) is 0. The third-order valence-corrected chi connectivity index (χ3v) is 0. The molecule has 0 aromatic heterocycles. The molecule has 0 aliphatic rings. The van der Waals surface area contributed by atoms with Crippen LogP contribution in [0.15, 0.2) is 0 Å². The van der Waals surface area contributed by atoms with Gasteiger partial charge in [-0.15, -0.1) is 0 Å². The maximum absolute atomic E-state index is 0. The van der Waals surface area contributed by atoms with Gasteiger partial charge >= 0.3 is 114 Å². The molecule has 0 fully saturated rings. The average Bonchev–Trinajstić information content (AvgIpc) is 0. The van der Waals surface area contributed by atoms with Crippen molar-refractivity contribution in [2.75, 3.05) is 0 Å². The quantitative estimate of drug-likeness (QED) is 0.213. The van der Waals surface area contributed by atoms with E-state index in [2.05, 4.69) is 0 Å². The Morgan fingerprint density at radius 1 is 1.00 bits per heavy atom. The summed E-state index contributed by atoms with van der Waals surface area (Å²) in [7, 11) is 0. The first-order valence-corrected chi connectivity index (χ1v) is 0. The fraction of sp³-hybridized carbons (Fsp3) is 0. The molecule has 0 bridgehead atoms. The summed E-state index contributed by atoms with van der Waals surface area (Å²) < 4.78 is 0. The smallest absolute Gasteiger partial charge is 0 e. The fourth-order valence-electron chi connectivity index (χ4n) is 0. The van der Waals surface area contributed by atoms with Gasteiger partial charge in [0.15, 0.2) is 0 Å². The van der Waals surface area contributed by atoms with E-state index >= 15 is 0 Å². The first-order valence-electron chi connectivity index (χ1n) is 0. The Bertz CT molecular complexity index is 19.7. The van der Waals surface area contributed by atoms with Crippen LogP contribution in [0.4, 0.5) is 0 Å². The molecule has 0 saturated carbocycles. The van der Waals surface area contributed by atoms with Crippen molar-refractivity contribution in [3.8, 4) is 0 Å². The van der Waals surface area contributed by atoms with Gasteiger partial charge in [0.05, 0.1) is 0 Å². The van der Waals surface area contributed by atoms with Crippen molar-refractivity contribution in [1.82, 2.24) is 0 Å². The molecule has 0 atom stereocenters. The van der Waals surface area contributed by atoms with Crippen LogP contribution >= 0.6 is 0 Å². The Kier molecular flexibility index (Phi) is 321. The van der Waals surface area contributed by atoms with Crippen molar-refractivity contribution in [3.05, 3.63) is 0 Å². The fourth-order valence-corrected chi connectivity index (χ4v) is 0. The Morgan fingerprint density at radius 3 is 1.00 bits per heavy atom. The Hall–Kier alpha value is 5.59. The van der Waals surface area contributed by atoms with E-state index in [1.807, 2.05) is 0 Å². The minimum atomic E-state index is 0. The molecule has 0 saturated heterocycles. The second kappa shape index (κ2) is 41.6. The molecule has 0 unspecified atom stereocenters. The van der Waals surface area contributed by atoms with Gasteiger partial charge < -0.3 is 0 Å². The Balaban J connectivity index is 0. The molecule has 0 aromatic rings. The van der Waals surface area contributed by atoms with Crippen molar-refractivity contribution in [3.63, 3.8) is 0 Å². The number of hydrogen-bond donors (Lipinski definition) is 0. The molecule has 0 rings (SSSR count). The number of hydrogen-bond acceptors (Lipinski definition) is 0.